The molecule has 0 bridgehead atoms. The van der Waals surface area contributed by atoms with Gasteiger partial charge in [-0.1, -0.05) is 176 Å². The zero-order valence-electron chi connectivity index (χ0n) is 29.8. The van der Waals surface area contributed by atoms with Crippen molar-refractivity contribution in [3.8, 4) is 78.7 Å². The molecule has 8 aromatic carbocycles. The first-order valence-electron chi connectivity index (χ1n) is 18.4. The average molecular weight is 704 g/mol. The predicted octanol–water partition coefficient (Wildman–Crippen LogP) is 13.4. The van der Waals surface area contributed by atoms with Gasteiger partial charge < -0.3 is 4.42 Å². The lowest BCUT2D eigenvalue weighted by Gasteiger charge is -2.10. The number of para-hydroxylation sites is 1. The Morgan fingerprint density at radius 2 is 0.691 bits per heavy atom. The number of hydrogen-bond acceptors (Lipinski definition) is 4. The van der Waals surface area contributed by atoms with E-state index in [9.17, 15) is 0 Å². The lowest BCUT2D eigenvalue weighted by Crippen LogP contribution is -2.00. The van der Waals surface area contributed by atoms with E-state index in [-0.39, 0.29) is 0 Å². The Kier molecular flexibility index (Phi) is 8.12. The van der Waals surface area contributed by atoms with Crippen molar-refractivity contribution >= 4 is 21.9 Å². The molecule has 4 nitrogen and oxygen atoms in total. The molecule has 0 saturated carbocycles. The highest BCUT2D eigenvalue weighted by molar-refractivity contribution is 6.10. The van der Waals surface area contributed by atoms with Gasteiger partial charge in [0, 0.05) is 21.9 Å². The number of aromatic nitrogens is 3. The summed E-state index contributed by atoms with van der Waals surface area (Å²) in [5.74, 6) is 1.77. The molecule has 10 rings (SSSR count). The van der Waals surface area contributed by atoms with Crippen LogP contribution in [0.5, 0.6) is 0 Å². The maximum absolute atomic E-state index is 6.71. The first kappa shape index (κ1) is 32.2. The summed E-state index contributed by atoms with van der Waals surface area (Å²) in [4.78, 5) is 15.1. The fraction of sp³-hybridized carbons (Fsp3) is 0. The molecule has 0 aliphatic heterocycles. The monoisotopic (exact) mass is 703 g/mol. The van der Waals surface area contributed by atoms with Gasteiger partial charge >= 0.3 is 0 Å². The lowest BCUT2D eigenvalue weighted by molar-refractivity contribution is 0.669. The highest BCUT2D eigenvalue weighted by Crippen LogP contribution is 2.38. The molecule has 0 saturated heterocycles. The molecule has 0 aliphatic rings. The van der Waals surface area contributed by atoms with Gasteiger partial charge in [0.05, 0.1) is 5.56 Å². The Morgan fingerprint density at radius 3 is 1.31 bits per heavy atom. The molecule has 2 aromatic heterocycles. The minimum absolute atomic E-state index is 0.561. The van der Waals surface area contributed by atoms with Crippen LogP contribution in [0.3, 0.4) is 0 Å². The maximum atomic E-state index is 6.71. The standard InChI is InChI=1S/C51H33N3O/c1-4-12-34(13-5-1)36-22-24-37(25-23-36)38-26-28-39(29-27-38)42-30-31-44-45-20-11-21-46(48(45)55-47(44)33-42)51-53-49(40-16-8-3-9-17-40)52-50(54-51)43-19-10-18-41(32-43)35-14-6-2-7-15-35/h1-33H. The zero-order valence-corrected chi connectivity index (χ0v) is 29.8. The average Bonchev–Trinajstić information content (AvgIpc) is 3.66. The fourth-order valence-electron chi connectivity index (χ4n) is 7.31. The van der Waals surface area contributed by atoms with Gasteiger partial charge in [-0.05, 0) is 68.8 Å². The molecule has 4 heteroatoms. The van der Waals surface area contributed by atoms with Crippen molar-refractivity contribution in [3.63, 3.8) is 0 Å². The molecule has 0 aliphatic carbocycles. The summed E-state index contributed by atoms with van der Waals surface area (Å²) in [5, 5.41) is 2.06. The molecule has 258 valence electrons. The molecule has 0 fully saturated rings. The number of fused-ring (bicyclic) bond motifs is 3. The Labute approximate surface area is 319 Å². The summed E-state index contributed by atoms with van der Waals surface area (Å²) in [5.41, 5.74) is 13.5. The summed E-state index contributed by atoms with van der Waals surface area (Å²) in [7, 11) is 0. The molecule has 55 heavy (non-hydrogen) atoms. The normalized spacial score (nSPS) is 11.3. The van der Waals surface area contributed by atoms with Gasteiger partial charge in [0.1, 0.15) is 11.2 Å². The first-order valence-corrected chi connectivity index (χ1v) is 18.4. The Bertz CT molecular complexity index is 2940. The Hall–Kier alpha value is -7.43. The third-order valence-corrected chi connectivity index (χ3v) is 10.2. The highest BCUT2D eigenvalue weighted by Gasteiger charge is 2.18. The highest BCUT2D eigenvalue weighted by atomic mass is 16.3. The maximum Gasteiger partial charge on any atom is 0.167 e. The molecule has 0 N–H and O–H groups in total. The van der Waals surface area contributed by atoms with Crippen LogP contribution in [0.15, 0.2) is 205 Å². The van der Waals surface area contributed by atoms with Gasteiger partial charge in [0.2, 0.25) is 0 Å². The third-order valence-electron chi connectivity index (χ3n) is 10.2. The van der Waals surface area contributed by atoms with Crippen LogP contribution in [0.1, 0.15) is 0 Å². The first-order chi connectivity index (χ1) is 27.2. The summed E-state index contributed by atoms with van der Waals surface area (Å²) in [6.45, 7) is 0. The predicted molar refractivity (Wildman–Crippen MR) is 225 cm³/mol. The molecule has 0 radical (unpaired) electrons. The van der Waals surface area contributed by atoms with Crippen molar-refractivity contribution in [1.82, 2.24) is 15.0 Å². The Morgan fingerprint density at radius 1 is 0.273 bits per heavy atom. The van der Waals surface area contributed by atoms with E-state index in [0.29, 0.717) is 17.5 Å². The van der Waals surface area contributed by atoms with Gasteiger partial charge in [0.15, 0.2) is 17.5 Å². The number of furan rings is 1. The molecular formula is C51H33N3O. The van der Waals surface area contributed by atoms with Crippen LogP contribution in [0.2, 0.25) is 0 Å². The second-order valence-electron chi connectivity index (χ2n) is 13.6. The second kappa shape index (κ2) is 13.8. The topological polar surface area (TPSA) is 51.8 Å². The number of rotatable bonds is 7. The van der Waals surface area contributed by atoms with E-state index >= 15 is 0 Å². The second-order valence-corrected chi connectivity index (χ2v) is 13.6. The molecule has 10 aromatic rings. The van der Waals surface area contributed by atoms with Gasteiger partial charge in [-0.15, -0.1) is 0 Å². The third kappa shape index (κ3) is 6.26. The molecule has 0 spiro atoms. The van der Waals surface area contributed by atoms with E-state index in [2.05, 4.69) is 146 Å². The minimum Gasteiger partial charge on any atom is -0.455 e. The molecular weight excluding hydrogens is 671 g/mol. The van der Waals surface area contributed by atoms with Crippen LogP contribution in [-0.4, -0.2) is 15.0 Å². The van der Waals surface area contributed by atoms with Crippen molar-refractivity contribution in [2.24, 2.45) is 0 Å². The number of hydrogen-bond donors (Lipinski definition) is 0. The molecule has 2 heterocycles. The molecule has 0 atom stereocenters. The van der Waals surface area contributed by atoms with E-state index in [0.717, 1.165) is 60.9 Å². The number of benzene rings is 8. The van der Waals surface area contributed by atoms with Gasteiger partial charge in [-0.2, -0.15) is 0 Å². The summed E-state index contributed by atoms with van der Waals surface area (Å²) in [6, 6.07) is 69.4. The van der Waals surface area contributed by atoms with Crippen molar-refractivity contribution in [2.45, 2.75) is 0 Å². The van der Waals surface area contributed by atoms with E-state index in [1.54, 1.807) is 0 Å². The van der Waals surface area contributed by atoms with Gasteiger partial charge in [-0.25, -0.2) is 15.0 Å². The van der Waals surface area contributed by atoms with Crippen molar-refractivity contribution in [1.29, 1.82) is 0 Å². The minimum atomic E-state index is 0.561. The number of nitrogens with zero attached hydrogens (tertiary/aromatic N) is 3. The summed E-state index contributed by atoms with van der Waals surface area (Å²) >= 11 is 0. The van der Waals surface area contributed by atoms with Crippen LogP contribution in [-0.2, 0) is 0 Å². The smallest absolute Gasteiger partial charge is 0.167 e. The Balaban J connectivity index is 1.02. The SMILES string of the molecule is c1ccc(-c2ccc(-c3ccc(-c4ccc5c(c4)oc4c(-c6nc(-c7ccccc7)nc(-c7cccc(-c8ccccc8)c7)n6)cccc45)cc3)cc2)cc1. The largest absolute Gasteiger partial charge is 0.455 e. The van der Waals surface area contributed by atoms with E-state index < -0.39 is 0 Å². The van der Waals surface area contributed by atoms with Gasteiger partial charge in [-0.3, -0.25) is 0 Å². The van der Waals surface area contributed by atoms with Gasteiger partial charge in [0.25, 0.3) is 0 Å². The van der Waals surface area contributed by atoms with Crippen molar-refractivity contribution in [2.75, 3.05) is 0 Å². The van der Waals surface area contributed by atoms with E-state index in [4.69, 9.17) is 19.4 Å². The fourth-order valence-corrected chi connectivity index (χ4v) is 7.31. The summed E-state index contributed by atoms with van der Waals surface area (Å²) < 4.78 is 6.71. The van der Waals surface area contributed by atoms with Crippen molar-refractivity contribution in [3.05, 3.63) is 200 Å². The van der Waals surface area contributed by atoms with Crippen LogP contribution in [0, 0.1) is 0 Å². The summed E-state index contributed by atoms with van der Waals surface area (Å²) in [6.07, 6.45) is 0. The van der Waals surface area contributed by atoms with Crippen LogP contribution in [0.25, 0.3) is 101 Å². The van der Waals surface area contributed by atoms with Crippen molar-refractivity contribution < 1.29 is 4.42 Å². The molecule has 0 amide bonds. The zero-order chi connectivity index (χ0) is 36.6. The van der Waals surface area contributed by atoms with Crippen LogP contribution >= 0.6 is 0 Å². The quantitative estimate of drug-likeness (QED) is 0.166. The van der Waals surface area contributed by atoms with Crippen LogP contribution < -0.4 is 0 Å². The molecule has 0 unspecified atom stereocenters. The van der Waals surface area contributed by atoms with Crippen LogP contribution in [0.4, 0.5) is 0 Å². The lowest BCUT2D eigenvalue weighted by atomic mass is 9.97. The van der Waals surface area contributed by atoms with E-state index in [1.807, 2.05) is 54.6 Å². The van der Waals surface area contributed by atoms with E-state index in [1.165, 1.54) is 22.3 Å².